The van der Waals surface area contributed by atoms with Crippen LogP contribution < -0.4 is 0 Å². The molecule has 2 aromatic rings. The van der Waals surface area contributed by atoms with Crippen LogP contribution in [0.4, 0.5) is 0 Å². The van der Waals surface area contributed by atoms with Crippen LogP contribution in [0.3, 0.4) is 0 Å². The SMILES string of the molecule is N=C1C=Cc2c([nH]c3ccccc23)C1=N. The van der Waals surface area contributed by atoms with Crippen LogP contribution in [0, 0.1) is 10.8 Å². The number of fused-ring (bicyclic) bond motifs is 3. The van der Waals surface area contributed by atoms with E-state index in [-0.39, 0.29) is 11.4 Å². The minimum atomic E-state index is 0.258. The molecule has 0 spiro atoms. The fraction of sp³-hybridized carbons (Fsp3) is 0. The Hall–Kier alpha value is -2.16. The predicted octanol–water partition coefficient (Wildman–Crippen LogP) is 2.58. The molecule has 0 radical (unpaired) electrons. The summed E-state index contributed by atoms with van der Waals surface area (Å²) in [6, 6.07) is 7.95. The van der Waals surface area contributed by atoms with Gasteiger partial charge in [-0.2, -0.15) is 0 Å². The molecule has 1 heterocycles. The van der Waals surface area contributed by atoms with Crippen molar-refractivity contribution >= 4 is 28.4 Å². The minimum absolute atomic E-state index is 0.258. The molecule has 0 fully saturated rings. The molecule has 0 amide bonds. The van der Waals surface area contributed by atoms with Crippen molar-refractivity contribution in [3.05, 3.63) is 41.6 Å². The molecule has 0 saturated carbocycles. The molecule has 1 aromatic heterocycles. The Morgan fingerprint density at radius 2 is 1.80 bits per heavy atom. The summed E-state index contributed by atoms with van der Waals surface area (Å²) < 4.78 is 0. The van der Waals surface area contributed by atoms with Crippen LogP contribution in [0.5, 0.6) is 0 Å². The average molecular weight is 195 g/mol. The molecule has 0 saturated heterocycles. The smallest absolute Gasteiger partial charge is 0.103 e. The Bertz CT molecular complexity index is 617. The predicted molar refractivity (Wildman–Crippen MR) is 61.9 cm³/mol. The summed E-state index contributed by atoms with van der Waals surface area (Å²) in [5, 5.41) is 16.5. The van der Waals surface area contributed by atoms with Gasteiger partial charge in [-0.05, 0) is 18.2 Å². The van der Waals surface area contributed by atoms with E-state index in [1.807, 2.05) is 30.3 Å². The molecule has 1 aromatic carbocycles. The highest BCUT2D eigenvalue weighted by atomic mass is 14.8. The normalized spacial score (nSPS) is 14.7. The molecule has 3 rings (SSSR count). The number of allylic oxidation sites excluding steroid dienone is 1. The van der Waals surface area contributed by atoms with E-state index in [2.05, 4.69) is 4.98 Å². The summed E-state index contributed by atoms with van der Waals surface area (Å²) in [5.41, 5.74) is 3.32. The van der Waals surface area contributed by atoms with Crippen LogP contribution in [0.1, 0.15) is 11.3 Å². The van der Waals surface area contributed by atoms with Gasteiger partial charge in [0.2, 0.25) is 0 Å². The molecule has 72 valence electrons. The lowest BCUT2D eigenvalue weighted by molar-refractivity contribution is 1.37. The van der Waals surface area contributed by atoms with Crippen molar-refractivity contribution in [2.45, 2.75) is 0 Å². The van der Waals surface area contributed by atoms with Crippen LogP contribution >= 0.6 is 0 Å². The van der Waals surface area contributed by atoms with Gasteiger partial charge in [0.15, 0.2) is 0 Å². The number of aromatic amines is 1. The first kappa shape index (κ1) is 8.17. The molecular weight excluding hydrogens is 186 g/mol. The summed E-state index contributed by atoms with van der Waals surface area (Å²) in [6.45, 7) is 0. The molecule has 0 bridgehead atoms. The first-order valence-electron chi connectivity index (χ1n) is 4.74. The van der Waals surface area contributed by atoms with E-state index in [9.17, 15) is 0 Å². The van der Waals surface area contributed by atoms with Crippen LogP contribution in [-0.4, -0.2) is 16.4 Å². The molecule has 3 nitrogen and oxygen atoms in total. The van der Waals surface area contributed by atoms with Gasteiger partial charge in [0.05, 0.1) is 11.4 Å². The van der Waals surface area contributed by atoms with Gasteiger partial charge in [0.1, 0.15) is 5.71 Å². The van der Waals surface area contributed by atoms with E-state index >= 15 is 0 Å². The van der Waals surface area contributed by atoms with Gasteiger partial charge in [0, 0.05) is 16.5 Å². The zero-order chi connectivity index (χ0) is 10.4. The zero-order valence-corrected chi connectivity index (χ0v) is 7.96. The molecule has 0 aliphatic heterocycles. The zero-order valence-electron chi connectivity index (χ0n) is 7.96. The number of aromatic nitrogens is 1. The Balaban J connectivity index is 2.43. The number of H-pyrrole nitrogens is 1. The van der Waals surface area contributed by atoms with Crippen molar-refractivity contribution in [3.8, 4) is 0 Å². The van der Waals surface area contributed by atoms with E-state index in [1.54, 1.807) is 6.08 Å². The minimum Gasteiger partial charge on any atom is -0.353 e. The van der Waals surface area contributed by atoms with E-state index in [4.69, 9.17) is 10.8 Å². The van der Waals surface area contributed by atoms with E-state index in [0.29, 0.717) is 0 Å². The molecular formula is C12H9N3. The molecule has 0 unspecified atom stereocenters. The molecule has 3 N–H and O–H groups in total. The topological polar surface area (TPSA) is 63.5 Å². The Morgan fingerprint density at radius 1 is 1.00 bits per heavy atom. The Morgan fingerprint density at radius 3 is 2.67 bits per heavy atom. The number of nitrogens with one attached hydrogen (secondary N) is 3. The molecule has 0 atom stereocenters. The number of benzene rings is 1. The molecule has 15 heavy (non-hydrogen) atoms. The van der Waals surface area contributed by atoms with E-state index < -0.39 is 0 Å². The van der Waals surface area contributed by atoms with Gasteiger partial charge in [-0.3, -0.25) is 10.8 Å². The molecule has 3 heteroatoms. The van der Waals surface area contributed by atoms with Crippen molar-refractivity contribution in [2.24, 2.45) is 0 Å². The second kappa shape index (κ2) is 2.67. The highest BCUT2D eigenvalue weighted by Crippen LogP contribution is 2.26. The van der Waals surface area contributed by atoms with Crippen LogP contribution in [-0.2, 0) is 0 Å². The van der Waals surface area contributed by atoms with Crippen molar-refractivity contribution in [2.75, 3.05) is 0 Å². The number of hydrogen-bond donors (Lipinski definition) is 3. The average Bonchev–Trinajstić information content (AvgIpc) is 2.63. The van der Waals surface area contributed by atoms with Crippen LogP contribution in [0.15, 0.2) is 30.3 Å². The largest absolute Gasteiger partial charge is 0.353 e. The lowest BCUT2D eigenvalue weighted by atomic mass is 9.99. The Labute approximate surface area is 86.5 Å². The van der Waals surface area contributed by atoms with Crippen LogP contribution in [0.25, 0.3) is 17.0 Å². The van der Waals surface area contributed by atoms with E-state index in [1.165, 1.54) is 0 Å². The Kier molecular flexibility index (Phi) is 1.45. The fourth-order valence-corrected chi connectivity index (χ4v) is 1.92. The van der Waals surface area contributed by atoms with Gasteiger partial charge in [-0.25, -0.2) is 0 Å². The number of hydrogen-bond acceptors (Lipinski definition) is 2. The third-order valence-electron chi connectivity index (χ3n) is 2.68. The lowest BCUT2D eigenvalue weighted by Gasteiger charge is -2.06. The number of rotatable bonds is 0. The summed E-state index contributed by atoms with van der Waals surface area (Å²) in [6.07, 6.45) is 3.57. The number of para-hydroxylation sites is 1. The first-order valence-corrected chi connectivity index (χ1v) is 4.74. The highest BCUT2D eigenvalue weighted by molar-refractivity contribution is 6.52. The third-order valence-corrected chi connectivity index (χ3v) is 2.68. The maximum Gasteiger partial charge on any atom is 0.103 e. The summed E-state index contributed by atoms with van der Waals surface area (Å²) in [5.74, 6) is 0. The summed E-state index contributed by atoms with van der Waals surface area (Å²) in [7, 11) is 0. The van der Waals surface area contributed by atoms with Crippen LogP contribution in [0.2, 0.25) is 0 Å². The van der Waals surface area contributed by atoms with Gasteiger partial charge in [-0.1, -0.05) is 18.2 Å². The van der Waals surface area contributed by atoms with Gasteiger partial charge in [-0.15, -0.1) is 0 Å². The monoisotopic (exact) mass is 195 g/mol. The van der Waals surface area contributed by atoms with E-state index in [0.717, 1.165) is 22.2 Å². The highest BCUT2D eigenvalue weighted by Gasteiger charge is 2.18. The summed E-state index contributed by atoms with van der Waals surface area (Å²) in [4.78, 5) is 3.18. The first-order chi connectivity index (χ1) is 7.27. The van der Waals surface area contributed by atoms with Crippen molar-refractivity contribution < 1.29 is 0 Å². The van der Waals surface area contributed by atoms with Gasteiger partial charge < -0.3 is 4.98 Å². The lowest BCUT2D eigenvalue weighted by Crippen LogP contribution is -2.15. The van der Waals surface area contributed by atoms with Gasteiger partial charge >= 0.3 is 0 Å². The standard InChI is InChI=1S/C12H9N3/c13-9-6-5-8-7-3-1-2-4-10(7)15-12(8)11(9)14/h1-6,13-15H. The second-order valence-corrected chi connectivity index (χ2v) is 3.58. The van der Waals surface area contributed by atoms with Crippen molar-refractivity contribution in [3.63, 3.8) is 0 Å². The maximum absolute atomic E-state index is 7.80. The van der Waals surface area contributed by atoms with Crippen molar-refractivity contribution in [1.82, 2.24) is 4.98 Å². The third kappa shape index (κ3) is 1.00. The summed E-state index contributed by atoms with van der Waals surface area (Å²) >= 11 is 0. The molecule has 1 aliphatic carbocycles. The van der Waals surface area contributed by atoms with Gasteiger partial charge in [0.25, 0.3) is 0 Å². The maximum atomic E-state index is 7.80. The fourth-order valence-electron chi connectivity index (χ4n) is 1.92. The molecule has 1 aliphatic rings. The second-order valence-electron chi connectivity index (χ2n) is 3.58. The van der Waals surface area contributed by atoms with Crippen molar-refractivity contribution in [1.29, 1.82) is 10.8 Å². The quantitative estimate of drug-likeness (QED) is 0.578.